The van der Waals surface area contributed by atoms with Crippen LogP contribution in [0, 0.1) is 10.1 Å². The Kier molecular flexibility index (Phi) is 5.39. The molecule has 1 heterocycles. The van der Waals surface area contributed by atoms with Gasteiger partial charge < -0.3 is 4.74 Å². The van der Waals surface area contributed by atoms with Gasteiger partial charge in [0.25, 0.3) is 17.5 Å². The van der Waals surface area contributed by atoms with Gasteiger partial charge in [-0.25, -0.2) is 4.90 Å². The van der Waals surface area contributed by atoms with Crippen LogP contribution >= 0.6 is 0 Å². The topological polar surface area (TPSA) is 107 Å². The van der Waals surface area contributed by atoms with Gasteiger partial charge in [0.1, 0.15) is 11.5 Å². The Balaban J connectivity index is 1.40. The number of para-hydroxylation sites is 1. The summed E-state index contributed by atoms with van der Waals surface area (Å²) in [5, 5.41) is 11.0. The van der Waals surface area contributed by atoms with Crippen LogP contribution in [0.4, 0.5) is 11.4 Å². The molecule has 0 aromatic heterocycles. The molecule has 0 unspecified atom stereocenters. The zero-order valence-electron chi connectivity index (χ0n) is 18.1. The molecule has 35 heavy (non-hydrogen) atoms. The second-order valence-corrected chi connectivity index (χ2v) is 7.75. The van der Waals surface area contributed by atoms with Crippen molar-refractivity contribution in [3.8, 4) is 11.5 Å². The first-order chi connectivity index (χ1) is 16.9. The molecule has 0 saturated heterocycles. The van der Waals surface area contributed by atoms with E-state index in [2.05, 4.69) is 0 Å². The zero-order valence-corrected chi connectivity index (χ0v) is 18.1. The smallest absolute Gasteiger partial charge is 0.270 e. The third-order valence-electron chi connectivity index (χ3n) is 5.54. The molecule has 1 aliphatic heterocycles. The molecule has 0 radical (unpaired) electrons. The number of benzene rings is 4. The van der Waals surface area contributed by atoms with Gasteiger partial charge in [0, 0.05) is 23.3 Å². The van der Waals surface area contributed by atoms with Gasteiger partial charge in [-0.15, -0.1) is 0 Å². The minimum atomic E-state index is -0.588. The van der Waals surface area contributed by atoms with Crippen LogP contribution in [0.15, 0.2) is 97.1 Å². The Bertz CT molecular complexity index is 1500. The summed E-state index contributed by atoms with van der Waals surface area (Å²) in [6.45, 7) is 0. The normalized spacial score (nSPS) is 12.4. The van der Waals surface area contributed by atoms with E-state index in [1.165, 1.54) is 42.5 Å². The van der Waals surface area contributed by atoms with Crippen LogP contribution in [0.1, 0.15) is 36.6 Å². The standard InChI is InChI=1S/C27H16N2O6/c30-25(17-5-4-6-20(15-17)29(33)34)18-9-14-23-24(16-18)27(32)28(26(23)31)19-10-12-22(13-11-19)35-21-7-2-1-3-8-21/h1-16H. The SMILES string of the molecule is O=C(c1cccc([N+](=O)[O-])c1)c1ccc2c(c1)C(=O)N(c1ccc(Oc3ccccc3)cc1)C2=O. The van der Waals surface area contributed by atoms with Gasteiger partial charge in [0.15, 0.2) is 5.78 Å². The number of imide groups is 1. The van der Waals surface area contributed by atoms with E-state index in [9.17, 15) is 24.5 Å². The average molecular weight is 464 g/mol. The maximum absolute atomic E-state index is 13.1. The fourth-order valence-electron chi connectivity index (χ4n) is 3.83. The van der Waals surface area contributed by atoms with E-state index in [0.29, 0.717) is 17.2 Å². The summed E-state index contributed by atoms with van der Waals surface area (Å²) in [4.78, 5) is 50.5. The zero-order chi connectivity index (χ0) is 24.5. The van der Waals surface area contributed by atoms with Crippen LogP contribution in [0.3, 0.4) is 0 Å². The number of ketones is 1. The lowest BCUT2D eigenvalue weighted by Gasteiger charge is -2.14. The number of amides is 2. The van der Waals surface area contributed by atoms with Crippen molar-refractivity contribution in [3.63, 3.8) is 0 Å². The van der Waals surface area contributed by atoms with Gasteiger partial charge in [-0.2, -0.15) is 0 Å². The van der Waals surface area contributed by atoms with Crippen LogP contribution in [-0.2, 0) is 0 Å². The predicted molar refractivity (Wildman–Crippen MR) is 127 cm³/mol. The van der Waals surface area contributed by atoms with Crippen LogP contribution in [0.5, 0.6) is 11.5 Å². The molecule has 0 aliphatic carbocycles. The molecular weight excluding hydrogens is 448 g/mol. The maximum atomic E-state index is 13.1. The van der Waals surface area contributed by atoms with Gasteiger partial charge in [0.2, 0.25) is 0 Å². The number of ether oxygens (including phenoxy) is 1. The Labute approximate surface area is 199 Å². The van der Waals surface area contributed by atoms with E-state index in [4.69, 9.17) is 4.74 Å². The first-order valence-corrected chi connectivity index (χ1v) is 10.6. The third-order valence-corrected chi connectivity index (χ3v) is 5.54. The molecule has 0 saturated carbocycles. The summed E-state index contributed by atoms with van der Waals surface area (Å²) < 4.78 is 5.75. The molecule has 0 atom stereocenters. The quantitative estimate of drug-likeness (QED) is 0.163. The number of fused-ring (bicyclic) bond motifs is 1. The van der Waals surface area contributed by atoms with Gasteiger partial charge in [0.05, 0.1) is 21.7 Å². The third kappa shape index (κ3) is 4.04. The number of nitrogens with zero attached hydrogens (tertiary/aromatic N) is 2. The van der Waals surface area contributed by atoms with E-state index in [1.807, 2.05) is 30.3 Å². The van der Waals surface area contributed by atoms with Crippen molar-refractivity contribution in [1.29, 1.82) is 0 Å². The summed E-state index contributed by atoms with van der Waals surface area (Å²) in [7, 11) is 0. The minimum absolute atomic E-state index is 0.0934. The molecule has 0 bridgehead atoms. The number of nitro benzene ring substituents is 1. The number of carbonyl (C=O) groups is 3. The van der Waals surface area contributed by atoms with E-state index in [0.717, 1.165) is 4.90 Å². The number of non-ortho nitro benzene ring substituents is 1. The predicted octanol–water partition coefficient (Wildman–Crippen LogP) is 5.42. The Morgan fingerprint density at radius 2 is 1.37 bits per heavy atom. The summed E-state index contributed by atoms with van der Waals surface area (Å²) in [6.07, 6.45) is 0. The average Bonchev–Trinajstić information content (AvgIpc) is 3.14. The van der Waals surface area contributed by atoms with Crippen molar-refractivity contribution < 1.29 is 24.0 Å². The van der Waals surface area contributed by atoms with Crippen molar-refractivity contribution in [3.05, 3.63) is 129 Å². The van der Waals surface area contributed by atoms with Crippen LogP contribution in [-0.4, -0.2) is 22.5 Å². The fourth-order valence-corrected chi connectivity index (χ4v) is 3.83. The molecule has 8 nitrogen and oxygen atoms in total. The summed E-state index contributed by atoms with van der Waals surface area (Å²) in [5.74, 6) is -0.354. The first kappa shape index (κ1) is 21.7. The van der Waals surface area contributed by atoms with Gasteiger partial charge in [-0.3, -0.25) is 24.5 Å². The molecule has 170 valence electrons. The van der Waals surface area contributed by atoms with Crippen molar-refractivity contribution in [2.24, 2.45) is 0 Å². The summed E-state index contributed by atoms with van der Waals surface area (Å²) in [5.41, 5.74) is 0.684. The molecule has 4 aromatic rings. The van der Waals surface area contributed by atoms with Crippen LogP contribution < -0.4 is 9.64 Å². The fraction of sp³-hybridized carbons (Fsp3) is 0. The highest BCUT2D eigenvalue weighted by molar-refractivity contribution is 6.34. The highest BCUT2D eigenvalue weighted by atomic mass is 16.6. The lowest BCUT2D eigenvalue weighted by atomic mass is 9.99. The molecule has 2 amide bonds. The number of anilines is 1. The van der Waals surface area contributed by atoms with E-state index >= 15 is 0 Å². The van der Waals surface area contributed by atoms with Crippen molar-refractivity contribution in [1.82, 2.24) is 0 Å². The second-order valence-electron chi connectivity index (χ2n) is 7.75. The second kappa shape index (κ2) is 8.68. The minimum Gasteiger partial charge on any atom is -0.457 e. The number of hydrogen-bond donors (Lipinski definition) is 0. The Hall–Kier alpha value is -5.11. The van der Waals surface area contributed by atoms with E-state index < -0.39 is 22.5 Å². The van der Waals surface area contributed by atoms with Crippen LogP contribution in [0.2, 0.25) is 0 Å². The molecule has 5 rings (SSSR count). The van der Waals surface area contributed by atoms with E-state index in [-0.39, 0.29) is 27.9 Å². The van der Waals surface area contributed by atoms with Crippen molar-refractivity contribution in [2.75, 3.05) is 4.90 Å². The molecule has 4 aromatic carbocycles. The first-order valence-electron chi connectivity index (χ1n) is 10.6. The van der Waals surface area contributed by atoms with Crippen LogP contribution in [0.25, 0.3) is 0 Å². The largest absolute Gasteiger partial charge is 0.457 e. The summed E-state index contributed by atoms with van der Waals surface area (Å²) >= 11 is 0. The lowest BCUT2D eigenvalue weighted by molar-refractivity contribution is -0.384. The lowest BCUT2D eigenvalue weighted by Crippen LogP contribution is -2.29. The molecular formula is C27H16N2O6. The Morgan fingerprint density at radius 3 is 2.09 bits per heavy atom. The monoisotopic (exact) mass is 464 g/mol. The molecule has 0 N–H and O–H groups in total. The number of nitro groups is 1. The molecule has 8 heteroatoms. The Morgan fingerprint density at radius 1 is 0.714 bits per heavy atom. The molecule has 0 fully saturated rings. The molecule has 0 spiro atoms. The van der Waals surface area contributed by atoms with E-state index in [1.54, 1.807) is 24.3 Å². The molecule has 1 aliphatic rings. The number of hydrogen-bond acceptors (Lipinski definition) is 6. The van der Waals surface area contributed by atoms with Crippen molar-refractivity contribution in [2.45, 2.75) is 0 Å². The van der Waals surface area contributed by atoms with Gasteiger partial charge >= 0.3 is 0 Å². The summed E-state index contributed by atoms with van der Waals surface area (Å²) in [6, 6.07) is 25.3. The maximum Gasteiger partial charge on any atom is 0.270 e. The number of carbonyl (C=O) groups excluding carboxylic acids is 3. The van der Waals surface area contributed by atoms with Gasteiger partial charge in [-0.05, 0) is 48.5 Å². The highest BCUT2D eigenvalue weighted by Crippen LogP contribution is 2.31. The van der Waals surface area contributed by atoms with Crippen molar-refractivity contribution >= 4 is 29.0 Å². The van der Waals surface area contributed by atoms with Gasteiger partial charge in [-0.1, -0.05) is 36.4 Å². The highest BCUT2D eigenvalue weighted by Gasteiger charge is 2.37. The number of rotatable bonds is 6.